The molecule has 0 amide bonds. The lowest BCUT2D eigenvalue weighted by Gasteiger charge is -2.44. The molecule has 6 rings (SSSR count). The van der Waals surface area contributed by atoms with Crippen molar-refractivity contribution in [2.45, 2.75) is 63.1 Å². The third-order valence-corrected chi connectivity index (χ3v) is 7.83. The van der Waals surface area contributed by atoms with E-state index in [0.29, 0.717) is 18.3 Å². The number of anilines is 3. The molecule has 13 heteroatoms. The lowest BCUT2D eigenvalue weighted by Crippen LogP contribution is -2.49. The predicted molar refractivity (Wildman–Crippen MR) is 132 cm³/mol. The Bertz CT molecular complexity index is 1270. The maximum atomic E-state index is 15.1. The number of alkyl halides is 3. The Morgan fingerprint density at radius 2 is 1.87 bits per heavy atom. The Kier molecular flexibility index (Phi) is 6.62. The number of halogens is 4. The highest BCUT2D eigenvalue weighted by Crippen LogP contribution is 2.44. The van der Waals surface area contributed by atoms with E-state index in [1.54, 1.807) is 0 Å². The van der Waals surface area contributed by atoms with E-state index in [-0.39, 0.29) is 29.3 Å². The van der Waals surface area contributed by atoms with Gasteiger partial charge in [-0.15, -0.1) is 5.10 Å². The first-order chi connectivity index (χ1) is 18.4. The first-order valence-corrected chi connectivity index (χ1v) is 13.1. The normalized spacial score (nSPS) is 22.2. The van der Waals surface area contributed by atoms with Crippen LogP contribution >= 0.6 is 0 Å². The van der Waals surface area contributed by atoms with Crippen molar-refractivity contribution in [2.24, 2.45) is 5.92 Å². The van der Waals surface area contributed by atoms with Crippen LogP contribution in [0.15, 0.2) is 24.7 Å². The Labute approximate surface area is 217 Å². The highest BCUT2D eigenvalue weighted by molar-refractivity contribution is 5.63. The van der Waals surface area contributed by atoms with Gasteiger partial charge in [-0.25, -0.2) is 14.1 Å². The van der Waals surface area contributed by atoms with Crippen LogP contribution in [0.2, 0.25) is 0 Å². The van der Waals surface area contributed by atoms with Crippen molar-refractivity contribution >= 4 is 17.5 Å². The summed E-state index contributed by atoms with van der Waals surface area (Å²) in [5.74, 6) is -0.539. The van der Waals surface area contributed by atoms with Crippen LogP contribution < -0.4 is 10.6 Å². The molecule has 1 aromatic carbocycles. The molecular formula is C25H29F4N9. The molecule has 2 aromatic heterocycles. The molecule has 0 spiro atoms. The van der Waals surface area contributed by atoms with Crippen molar-refractivity contribution in [2.75, 3.05) is 30.3 Å². The molecule has 2 unspecified atom stereocenters. The number of benzene rings is 1. The van der Waals surface area contributed by atoms with Gasteiger partial charge in [0.25, 0.3) is 0 Å². The Morgan fingerprint density at radius 3 is 2.63 bits per heavy atom. The Morgan fingerprint density at radius 1 is 1.03 bits per heavy atom. The molecule has 0 radical (unpaired) electrons. The van der Waals surface area contributed by atoms with E-state index in [0.717, 1.165) is 63.4 Å². The third kappa shape index (κ3) is 5.16. The zero-order chi connectivity index (χ0) is 26.3. The van der Waals surface area contributed by atoms with Crippen LogP contribution in [0.4, 0.5) is 35.0 Å². The van der Waals surface area contributed by atoms with E-state index in [1.807, 2.05) is 0 Å². The summed E-state index contributed by atoms with van der Waals surface area (Å²) in [4.78, 5) is 10.5. The molecule has 2 N–H and O–H groups in total. The lowest BCUT2D eigenvalue weighted by atomic mass is 9.83. The van der Waals surface area contributed by atoms with Crippen molar-refractivity contribution < 1.29 is 17.6 Å². The van der Waals surface area contributed by atoms with Gasteiger partial charge in [-0.1, -0.05) is 6.42 Å². The summed E-state index contributed by atoms with van der Waals surface area (Å²) in [6, 6.07) is 3.33. The van der Waals surface area contributed by atoms with Crippen LogP contribution in [0.5, 0.6) is 0 Å². The van der Waals surface area contributed by atoms with E-state index in [4.69, 9.17) is 0 Å². The second-order valence-corrected chi connectivity index (χ2v) is 10.4. The van der Waals surface area contributed by atoms with Crippen molar-refractivity contribution in [1.82, 2.24) is 35.1 Å². The fourth-order valence-corrected chi connectivity index (χ4v) is 5.81. The van der Waals surface area contributed by atoms with E-state index in [1.165, 1.54) is 29.6 Å². The van der Waals surface area contributed by atoms with Gasteiger partial charge < -0.3 is 15.5 Å². The molecule has 2 atom stereocenters. The van der Waals surface area contributed by atoms with Crippen LogP contribution in [0.3, 0.4) is 0 Å². The Balaban J connectivity index is 1.26. The van der Waals surface area contributed by atoms with Gasteiger partial charge in [-0.3, -0.25) is 0 Å². The van der Waals surface area contributed by atoms with Gasteiger partial charge in [-0.05, 0) is 91.6 Å². The average Bonchev–Trinajstić information content (AvgIpc) is 3.61. The standard InChI is InChI=1S/C25H29F4N9/c26-19-10-17(15-6-7-15)22(38-14-32-35-36-38)11-20(19)33-24-31-13-18(25(27,28)29)23(34-24)30-12-16-4-3-9-37-8-2-1-5-21(16)37/h10-11,13-16,21H,1-9,12H2,(H2,30,31,33,34). The number of nitrogens with one attached hydrogen (secondary N) is 2. The van der Waals surface area contributed by atoms with E-state index in [2.05, 4.69) is 41.0 Å². The SMILES string of the molecule is Fc1cc(C2CC2)c(-n2cnnn2)cc1Nc1ncc(C(F)(F)F)c(NCC2CCCN3CCCCC23)n1. The summed E-state index contributed by atoms with van der Waals surface area (Å²) in [7, 11) is 0. The molecule has 1 aliphatic carbocycles. The number of hydrogen-bond donors (Lipinski definition) is 2. The molecule has 38 heavy (non-hydrogen) atoms. The molecule has 2 aliphatic heterocycles. The molecule has 3 fully saturated rings. The minimum atomic E-state index is -4.63. The summed E-state index contributed by atoms with van der Waals surface area (Å²) in [5.41, 5.74) is 0.454. The number of rotatable bonds is 7. The van der Waals surface area contributed by atoms with Gasteiger partial charge in [-0.2, -0.15) is 18.2 Å². The summed E-state index contributed by atoms with van der Waals surface area (Å²) < 4.78 is 58.0. The molecule has 9 nitrogen and oxygen atoms in total. The minimum absolute atomic E-state index is 0.0238. The van der Waals surface area contributed by atoms with Crippen molar-refractivity contribution in [3.63, 3.8) is 0 Å². The molecule has 2 saturated heterocycles. The largest absolute Gasteiger partial charge is 0.421 e. The monoisotopic (exact) mass is 531 g/mol. The van der Waals surface area contributed by atoms with E-state index in [9.17, 15) is 13.2 Å². The number of hydrogen-bond acceptors (Lipinski definition) is 8. The lowest BCUT2D eigenvalue weighted by molar-refractivity contribution is -0.137. The topological polar surface area (TPSA) is 96.7 Å². The zero-order valence-corrected chi connectivity index (χ0v) is 20.8. The third-order valence-electron chi connectivity index (χ3n) is 7.83. The molecule has 3 aromatic rings. The fraction of sp³-hybridized carbons (Fsp3) is 0.560. The zero-order valence-electron chi connectivity index (χ0n) is 20.8. The highest BCUT2D eigenvalue weighted by atomic mass is 19.4. The average molecular weight is 532 g/mol. The molecule has 1 saturated carbocycles. The van der Waals surface area contributed by atoms with Gasteiger partial charge in [0, 0.05) is 18.8 Å². The van der Waals surface area contributed by atoms with Crippen molar-refractivity contribution in [3.05, 3.63) is 41.6 Å². The first kappa shape index (κ1) is 25.0. The number of piperidine rings is 2. The van der Waals surface area contributed by atoms with Gasteiger partial charge in [0.15, 0.2) is 0 Å². The second-order valence-electron chi connectivity index (χ2n) is 10.4. The first-order valence-electron chi connectivity index (χ1n) is 13.1. The summed E-state index contributed by atoms with van der Waals surface area (Å²) >= 11 is 0. The van der Waals surface area contributed by atoms with Crippen LogP contribution in [-0.4, -0.2) is 60.8 Å². The van der Waals surface area contributed by atoms with Crippen LogP contribution in [0.25, 0.3) is 5.69 Å². The highest BCUT2D eigenvalue weighted by Gasteiger charge is 2.37. The van der Waals surface area contributed by atoms with Crippen molar-refractivity contribution in [1.29, 1.82) is 0 Å². The number of nitrogens with zero attached hydrogens (tertiary/aromatic N) is 7. The molecule has 0 bridgehead atoms. The maximum absolute atomic E-state index is 15.1. The summed E-state index contributed by atoms with van der Waals surface area (Å²) in [5, 5.41) is 17.0. The van der Waals surface area contributed by atoms with Crippen molar-refractivity contribution in [3.8, 4) is 5.69 Å². The summed E-state index contributed by atoms with van der Waals surface area (Å²) in [6.07, 6.45) is 4.78. The predicted octanol–water partition coefficient (Wildman–Crippen LogP) is 4.91. The van der Waals surface area contributed by atoms with Crippen LogP contribution in [0.1, 0.15) is 62.0 Å². The van der Waals surface area contributed by atoms with Gasteiger partial charge in [0.1, 0.15) is 23.5 Å². The van der Waals surface area contributed by atoms with Crippen LogP contribution in [0, 0.1) is 11.7 Å². The van der Waals surface area contributed by atoms with Gasteiger partial charge in [0.05, 0.1) is 11.4 Å². The molecule has 3 aliphatic rings. The van der Waals surface area contributed by atoms with Crippen LogP contribution in [-0.2, 0) is 6.18 Å². The van der Waals surface area contributed by atoms with Gasteiger partial charge in [0.2, 0.25) is 5.95 Å². The number of fused-ring (bicyclic) bond motifs is 1. The quantitative estimate of drug-likeness (QED) is 0.416. The van der Waals surface area contributed by atoms with E-state index < -0.39 is 17.6 Å². The molecule has 202 valence electrons. The molecule has 4 heterocycles. The number of tetrazole rings is 1. The second kappa shape index (κ2) is 10.1. The van der Waals surface area contributed by atoms with Gasteiger partial charge >= 0.3 is 6.18 Å². The summed E-state index contributed by atoms with van der Waals surface area (Å²) in [6.45, 7) is 2.48. The minimum Gasteiger partial charge on any atom is -0.369 e. The van der Waals surface area contributed by atoms with E-state index >= 15 is 4.39 Å². The smallest absolute Gasteiger partial charge is 0.369 e. The maximum Gasteiger partial charge on any atom is 0.421 e. The Hall–Kier alpha value is -3.35. The molecular weight excluding hydrogens is 502 g/mol. The number of aromatic nitrogens is 6. The fourth-order valence-electron chi connectivity index (χ4n) is 5.81.